The molecule has 0 radical (unpaired) electrons. The lowest BCUT2D eigenvalue weighted by Gasteiger charge is -2.30. The Balaban J connectivity index is 2.04. The molecule has 0 fully saturated rings. The average molecular weight is 531 g/mol. The lowest BCUT2D eigenvalue weighted by molar-refractivity contribution is -0.371. The van der Waals surface area contributed by atoms with Crippen LogP contribution in [0.15, 0.2) is 36.4 Å². The van der Waals surface area contributed by atoms with Crippen LogP contribution < -0.4 is 0 Å². The van der Waals surface area contributed by atoms with Crippen LogP contribution in [0.4, 0.5) is 4.79 Å². The summed E-state index contributed by atoms with van der Waals surface area (Å²) in [5, 5.41) is 0. The van der Waals surface area contributed by atoms with Crippen molar-refractivity contribution >= 4 is 18.1 Å². The van der Waals surface area contributed by atoms with E-state index in [-0.39, 0.29) is 0 Å². The van der Waals surface area contributed by atoms with Gasteiger partial charge in [-0.15, -0.1) is 9.78 Å². The Kier molecular flexibility index (Phi) is 10.1. The molecule has 9 nitrogen and oxygen atoms in total. The highest BCUT2D eigenvalue weighted by Gasteiger charge is 2.37. The van der Waals surface area contributed by atoms with E-state index in [4.69, 9.17) is 29.0 Å². The van der Waals surface area contributed by atoms with Crippen LogP contribution in [-0.4, -0.2) is 30.7 Å². The van der Waals surface area contributed by atoms with E-state index in [2.05, 4.69) is 0 Å². The van der Waals surface area contributed by atoms with Gasteiger partial charge in [0.2, 0.25) is 0 Å². The van der Waals surface area contributed by atoms with Crippen LogP contribution in [0.5, 0.6) is 0 Å². The van der Waals surface area contributed by atoms with Gasteiger partial charge in [-0.1, -0.05) is 76.9 Å². The Labute approximate surface area is 224 Å². The molecule has 2 aromatic rings. The number of ether oxygens (including phenoxy) is 2. The number of aryl methyl sites for hydroxylation is 4. The first-order chi connectivity index (χ1) is 17.5. The van der Waals surface area contributed by atoms with Crippen molar-refractivity contribution in [3.63, 3.8) is 0 Å². The molecule has 9 heteroatoms. The maximum absolute atomic E-state index is 12.7. The monoisotopic (exact) mass is 530 g/mol. The molecule has 0 N–H and O–H groups in total. The molecule has 0 bridgehead atoms. The summed E-state index contributed by atoms with van der Waals surface area (Å²) in [5.41, 5.74) is 2.46. The maximum Gasteiger partial charge on any atom is 0.513 e. The molecule has 208 valence electrons. The van der Waals surface area contributed by atoms with E-state index in [9.17, 15) is 14.4 Å². The van der Waals surface area contributed by atoms with Gasteiger partial charge in [-0.25, -0.2) is 14.4 Å². The van der Waals surface area contributed by atoms with Crippen LogP contribution in [0, 0.1) is 38.5 Å². The van der Waals surface area contributed by atoms with Crippen molar-refractivity contribution in [2.75, 3.05) is 0 Å². The van der Waals surface area contributed by atoms with Gasteiger partial charge in [0.25, 0.3) is 12.6 Å². The summed E-state index contributed by atoms with van der Waals surface area (Å²) in [4.78, 5) is 58.2. The van der Waals surface area contributed by atoms with Crippen molar-refractivity contribution < 1.29 is 43.4 Å². The molecule has 0 heterocycles. The predicted octanol–water partition coefficient (Wildman–Crippen LogP) is 6.69. The smallest absolute Gasteiger partial charge is 0.400 e. The Morgan fingerprint density at radius 1 is 0.605 bits per heavy atom. The lowest BCUT2D eigenvalue weighted by Crippen LogP contribution is -2.39. The summed E-state index contributed by atoms with van der Waals surface area (Å²) in [5.74, 6) is -1.47. The molecule has 2 aromatic carbocycles. The van der Waals surface area contributed by atoms with Gasteiger partial charge >= 0.3 is 18.1 Å². The minimum Gasteiger partial charge on any atom is -0.400 e. The third-order valence-electron chi connectivity index (χ3n) is 5.45. The summed E-state index contributed by atoms with van der Waals surface area (Å²) in [7, 11) is 0. The van der Waals surface area contributed by atoms with Gasteiger partial charge in [0, 0.05) is 10.8 Å². The quantitative estimate of drug-likeness (QED) is 0.160. The molecular formula is C29H38O9. The standard InChI is InChI=1S/C29H38O9/c1-17-11-13-21(19(3)15-17)23(30)35-37-25(28(5,6)7)33-27(32)34-26(29(8,9)10)38-36-24(31)22-14-12-18(2)16-20(22)4/h11-16,25-26H,1-10H3. The fourth-order valence-electron chi connectivity index (χ4n) is 3.23. The SMILES string of the molecule is Cc1ccc(C(=O)OOC(OC(=O)OC(OOC(=O)c2ccc(C)cc2C)C(C)(C)C)C(C)(C)C)c(C)c1. The summed E-state index contributed by atoms with van der Waals surface area (Å²) in [6.07, 6.45) is -3.80. The van der Waals surface area contributed by atoms with Gasteiger partial charge in [-0.2, -0.15) is 0 Å². The zero-order chi connectivity index (χ0) is 28.8. The largest absolute Gasteiger partial charge is 0.513 e. The minimum absolute atomic E-state index is 0.317. The zero-order valence-electron chi connectivity index (χ0n) is 23.8. The van der Waals surface area contributed by atoms with Crippen LogP contribution in [0.1, 0.15) is 84.5 Å². The zero-order valence-corrected chi connectivity index (χ0v) is 23.8. The minimum atomic E-state index is -1.32. The second kappa shape index (κ2) is 12.4. The van der Waals surface area contributed by atoms with Crippen LogP contribution in [-0.2, 0) is 29.0 Å². The van der Waals surface area contributed by atoms with Crippen LogP contribution >= 0.6 is 0 Å². The molecule has 0 saturated heterocycles. The molecule has 2 unspecified atom stereocenters. The maximum atomic E-state index is 12.7. The van der Waals surface area contributed by atoms with Crippen molar-refractivity contribution in [1.82, 2.24) is 0 Å². The van der Waals surface area contributed by atoms with Crippen LogP contribution in [0.25, 0.3) is 0 Å². The normalized spacial score (nSPS) is 13.3. The molecule has 38 heavy (non-hydrogen) atoms. The first-order valence-corrected chi connectivity index (χ1v) is 12.3. The van der Waals surface area contributed by atoms with Gasteiger partial charge < -0.3 is 9.47 Å². The highest BCUT2D eigenvalue weighted by Crippen LogP contribution is 2.28. The molecule has 0 aliphatic carbocycles. The van der Waals surface area contributed by atoms with Crippen molar-refractivity contribution in [3.8, 4) is 0 Å². The highest BCUT2D eigenvalue weighted by molar-refractivity contribution is 5.91. The van der Waals surface area contributed by atoms with E-state index in [1.165, 1.54) is 0 Å². The van der Waals surface area contributed by atoms with E-state index in [0.29, 0.717) is 22.3 Å². The fourth-order valence-corrected chi connectivity index (χ4v) is 3.23. The van der Waals surface area contributed by atoms with E-state index in [1.54, 1.807) is 79.7 Å². The number of rotatable bonds is 8. The van der Waals surface area contributed by atoms with E-state index >= 15 is 0 Å². The van der Waals surface area contributed by atoms with Gasteiger partial charge in [-0.3, -0.25) is 9.78 Å². The molecular weight excluding hydrogens is 492 g/mol. The number of hydrogen-bond donors (Lipinski definition) is 0. The van der Waals surface area contributed by atoms with Crippen molar-refractivity contribution in [2.45, 2.75) is 81.8 Å². The van der Waals surface area contributed by atoms with Gasteiger partial charge in [0.1, 0.15) is 0 Å². The first-order valence-electron chi connectivity index (χ1n) is 12.3. The molecule has 2 rings (SSSR count). The second-order valence-electron chi connectivity index (χ2n) is 11.5. The van der Waals surface area contributed by atoms with E-state index in [0.717, 1.165) is 11.1 Å². The Hall–Kier alpha value is -3.43. The van der Waals surface area contributed by atoms with Crippen molar-refractivity contribution in [2.24, 2.45) is 10.8 Å². The molecule has 0 aliphatic rings. The molecule has 0 amide bonds. The topological polar surface area (TPSA) is 107 Å². The second-order valence-corrected chi connectivity index (χ2v) is 11.5. The average Bonchev–Trinajstić information content (AvgIpc) is 2.77. The Bertz CT molecular complexity index is 1070. The molecule has 2 atom stereocenters. The molecule has 0 saturated carbocycles. The lowest BCUT2D eigenvalue weighted by atomic mass is 9.96. The summed E-state index contributed by atoms with van der Waals surface area (Å²) >= 11 is 0. The van der Waals surface area contributed by atoms with Gasteiger partial charge in [0.05, 0.1) is 11.1 Å². The molecule has 0 aliphatic heterocycles. The number of benzene rings is 2. The summed E-state index contributed by atoms with van der Waals surface area (Å²) in [6, 6.07) is 10.5. The van der Waals surface area contributed by atoms with Crippen LogP contribution in [0.2, 0.25) is 0 Å². The molecule has 0 spiro atoms. The van der Waals surface area contributed by atoms with Gasteiger partial charge in [0.15, 0.2) is 0 Å². The van der Waals surface area contributed by atoms with Crippen molar-refractivity contribution in [1.29, 1.82) is 0 Å². The third kappa shape index (κ3) is 8.85. The van der Waals surface area contributed by atoms with E-state index in [1.807, 2.05) is 26.0 Å². The summed E-state index contributed by atoms with van der Waals surface area (Å²) in [6.45, 7) is 17.7. The van der Waals surface area contributed by atoms with Crippen LogP contribution in [0.3, 0.4) is 0 Å². The first kappa shape index (κ1) is 30.8. The number of hydrogen-bond acceptors (Lipinski definition) is 9. The third-order valence-corrected chi connectivity index (χ3v) is 5.45. The Morgan fingerprint density at radius 2 is 0.947 bits per heavy atom. The summed E-state index contributed by atoms with van der Waals surface area (Å²) < 4.78 is 10.6. The Morgan fingerprint density at radius 3 is 1.24 bits per heavy atom. The fraction of sp³-hybridized carbons (Fsp3) is 0.483. The number of carbonyl (C=O) groups excluding carboxylic acids is 3. The van der Waals surface area contributed by atoms with Crippen molar-refractivity contribution in [3.05, 3.63) is 69.8 Å². The van der Waals surface area contributed by atoms with Gasteiger partial charge in [-0.05, 0) is 51.0 Å². The molecule has 0 aromatic heterocycles. The highest BCUT2D eigenvalue weighted by atomic mass is 17.2. The predicted molar refractivity (Wildman–Crippen MR) is 139 cm³/mol. The van der Waals surface area contributed by atoms with E-state index < -0.39 is 41.5 Å². The number of carbonyl (C=O) groups is 3.